The van der Waals surface area contributed by atoms with Crippen molar-refractivity contribution in [1.82, 2.24) is 0 Å². The first-order valence-corrected chi connectivity index (χ1v) is 11.5. The molecule has 0 saturated heterocycles. The normalized spacial score (nSPS) is 13.7. The van der Waals surface area contributed by atoms with Crippen LogP contribution in [-0.4, -0.2) is 22.2 Å². The Balaban J connectivity index is 2.55. The van der Waals surface area contributed by atoms with E-state index in [0.29, 0.717) is 10.6 Å². The molecule has 2 rings (SSSR count). The van der Waals surface area contributed by atoms with Crippen LogP contribution in [0.1, 0.15) is 37.4 Å². The molecule has 1 nitrogen and oxygen atoms in total. The van der Waals surface area contributed by atoms with Crippen molar-refractivity contribution in [1.29, 1.82) is 0 Å². The van der Waals surface area contributed by atoms with Gasteiger partial charge in [0.25, 0.3) is 0 Å². The summed E-state index contributed by atoms with van der Waals surface area (Å²) in [6, 6.07) is 20.2. The van der Waals surface area contributed by atoms with Crippen molar-refractivity contribution in [2.45, 2.75) is 44.4 Å². The van der Waals surface area contributed by atoms with E-state index in [2.05, 4.69) is 107 Å². The highest BCUT2D eigenvalue weighted by Gasteiger charge is 2.43. The molecule has 1 atom stereocenters. The average molecular weight is 326 g/mol. The van der Waals surface area contributed by atoms with Crippen LogP contribution in [0.5, 0.6) is 0 Å². The summed E-state index contributed by atoms with van der Waals surface area (Å²) in [4.78, 5) is 2.16. The van der Waals surface area contributed by atoms with Gasteiger partial charge in [0, 0.05) is 25.3 Å². The van der Waals surface area contributed by atoms with Crippen molar-refractivity contribution < 1.29 is 0 Å². The van der Waals surface area contributed by atoms with E-state index in [1.807, 2.05) is 0 Å². The van der Waals surface area contributed by atoms with Crippen molar-refractivity contribution in [2.75, 3.05) is 19.0 Å². The Morgan fingerprint density at radius 2 is 1.26 bits per heavy atom. The van der Waals surface area contributed by atoms with Gasteiger partial charge in [0.2, 0.25) is 0 Å². The number of nitrogens with zero attached hydrogens (tertiary/aromatic N) is 1. The van der Waals surface area contributed by atoms with Crippen molar-refractivity contribution in [2.24, 2.45) is 0 Å². The molecular weight excluding hydrogens is 294 g/mol. The quantitative estimate of drug-likeness (QED) is 0.629. The molecule has 0 aromatic heterocycles. The molecule has 0 fully saturated rings. The van der Waals surface area contributed by atoms with Crippen LogP contribution in [0.4, 0.5) is 5.69 Å². The molecule has 0 aliphatic rings. The Labute approximate surface area is 143 Å². The van der Waals surface area contributed by atoms with Gasteiger partial charge in [0.1, 0.15) is 0 Å². The molecule has 0 amide bonds. The molecule has 0 aliphatic carbocycles. The third-order valence-electron chi connectivity index (χ3n) is 5.53. The van der Waals surface area contributed by atoms with Crippen LogP contribution in [0.15, 0.2) is 54.6 Å². The maximum atomic E-state index is 2.53. The minimum absolute atomic E-state index is 0.341. The predicted octanol–water partition coefficient (Wildman–Crippen LogP) is 5.93. The second-order valence-electron chi connectivity index (χ2n) is 8.30. The molecule has 23 heavy (non-hydrogen) atoms. The topological polar surface area (TPSA) is 3.24 Å². The Bertz CT molecular complexity index is 621. The Morgan fingerprint density at radius 3 is 1.70 bits per heavy atom. The van der Waals surface area contributed by atoms with Gasteiger partial charge in [-0.2, -0.15) is 0 Å². The maximum Gasteiger partial charge on any atom is 0.0656 e. The van der Waals surface area contributed by atoms with Crippen LogP contribution < -0.4 is 4.90 Å². The Hall–Kier alpha value is -1.54. The van der Waals surface area contributed by atoms with Gasteiger partial charge in [0.05, 0.1) is 8.07 Å². The smallest absolute Gasteiger partial charge is 0.0656 e. The molecule has 0 heterocycles. The lowest BCUT2D eigenvalue weighted by molar-refractivity contribution is 0.701. The lowest BCUT2D eigenvalue weighted by Crippen LogP contribution is -2.44. The fraction of sp³-hybridized carbons (Fsp3) is 0.429. The number of anilines is 1. The minimum Gasteiger partial charge on any atom is -0.378 e. The third kappa shape index (κ3) is 3.69. The number of benzene rings is 2. The van der Waals surface area contributed by atoms with E-state index in [1.54, 1.807) is 0 Å². The van der Waals surface area contributed by atoms with E-state index in [9.17, 15) is 0 Å². The van der Waals surface area contributed by atoms with Gasteiger partial charge in [-0.05, 0) is 28.3 Å². The van der Waals surface area contributed by atoms with E-state index < -0.39 is 8.07 Å². The standard InChI is InChI=1S/C21H31NSi/c1-21(2,3)23(6,7)20(17-11-9-8-10-12-17)18-13-15-19(16-14-18)22(4)5/h8-16,20H,1-7H3. The van der Waals surface area contributed by atoms with Gasteiger partial charge in [-0.25, -0.2) is 0 Å². The highest BCUT2D eigenvalue weighted by atomic mass is 28.3. The molecule has 2 heteroatoms. The molecule has 2 aromatic carbocycles. The zero-order valence-corrected chi connectivity index (χ0v) is 16.7. The molecular formula is C21H31NSi. The molecule has 0 radical (unpaired) electrons. The van der Waals surface area contributed by atoms with Gasteiger partial charge >= 0.3 is 0 Å². The highest BCUT2D eigenvalue weighted by molar-refractivity contribution is 6.82. The molecule has 0 saturated carbocycles. The van der Waals surface area contributed by atoms with Crippen LogP contribution in [-0.2, 0) is 0 Å². The fourth-order valence-electron chi connectivity index (χ4n) is 3.07. The summed E-state index contributed by atoms with van der Waals surface area (Å²) < 4.78 is 0. The van der Waals surface area contributed by atoms with Crippen LogP contribution in [0.3, 0.4) is 0 Å². The number of hydrogen-bond acceptors (Lipinski definition) is 1. The SMILES string of the molecule is CN(C)c1ccc(C(c2ccccc2)[Si](C)(C)C(C)(C)C)cc1. The molecule has 124 valence electrons. The van der Waals surface area contributed by atoms with Gasteiger partial charge in [-0.3, -0.25) is 0 Å². The largest absolute Gasteiger partial charge is 0.378 e. The van der Waals surface area contributed by atoms with E-state index in [0.717, 1.165) is 0 Å². The lowest BCUT2D eigenvalue weighted by Gasteiger charge is -2.44. The monoisotopic (exact) mass is 325 g/mol. The van der Waals surface area contributed by atoms with Crippen LogP contribution in [0.25, 0.3) is 0 Å². The van der Waals surface area contributed by atoms with Gasteiger partial charge < -0.3 is 4.90 Å². The summed E-state index contributed by atoms with van der Waals surface area (Å²) in [7, 11) is 2.62. The molecule has 0 bridgehead atoms. The Kier molecular flexibility index (Phi) is 5.05. The van der Waals surface area contributed by atoms with Crippen molar-refractivity contribution >= 4 is 13.8 Å². The maximum absolute atomic E-state index is 2.53. The highest BCUT2D eigenvalue weighted by Crippen LogP contribution is 2.47. The van der Waals surface area contributed by atoms with Gasteiger partial charge in [0.15, 0.2) is 0 Å². The lowest BCUT2D eigenvalue weighted by atomic mass is 10.0. The zero-order valence-electron chi connectivity index (χ0n) is 15.7. The van der Waals surface area contributed by atoms with Gasteiger partial charge in [-0.15, -0.1) is 0 Å². The van der Waals surface area contributed by atoms with Crippen molar-refractivity contribution in [3.05, 3.63) is 65.7 Å². The van der Waals surface area contributed by atoms with Crippen LogP contribution >= 0.6 is 0 Å². The van der Waals surface area contributed by atoms with Crippen LogP contribution in [0.2, 0.25) is 18.1 Å². The minimum atomic E-state index is -1.57. The Morgan fingerprint density at radius 1 is 0.783 bits per heavy atom. The second kappa shape index (κ2) is 6.52. The summed E-state index contributed by atoms with van der Waals surface area (Å²) in [5.41, 5.74) is 4.68. The number of rotatable bonds is 4. The van der Waals surface area contributed by atoms with E-state index in [-0.39, 0.29) is 0 Å². The molecule has 0 N–H and O–H groups in total. The first-order chi connectivity index (χ1) is 10.6. The fourth-order valence-corrected chi connectivity index (χ4v) is 5.99. The van der Waals surface area contributed by atoms with Crippen molar-refractivity contribution in [3.63, 3.8) is 0 Å². The molecule has 2 aromatic rings. The zero-order chi connectivity index (χ0) is 17.3. The summed E-state index contributed by atoms with van der Waals surface area (Å²) in [6.45, 7) is 12.3. The number of hydrogen-bond donors (Lipinski definition) is 0. The first-order valence-electron chi connectivity index (χ1n) is 8.47. The second-order valence-corrected chi connectivity index (χ2v) is 13.8. The van der Waals surface area contributed by atoms with Gasteiger partial charge in [-0.1, -0.05) is 76.3 Å². The third-order valence-corrected chi connectivity index (χ3v) is 11.5. The van der Waals surface area contributed by atoms with Crippen LogP contribution in [0, 0.1) is 0 Å². The summed E-state index contributed by atoms with van der Waals surface area (Å²) in [6.07, 6.45) is 0. The average Bonchev–Trinajstić information content (AvgIpc) is 2.47. The summed E-state index contributed by atoms with van der Waals surface area (Å²) in [5, 5.41) is 0.341. The van der Waals surface area contributed by atoms with E-state index >= 15 is 0 Å². The van der Waals surface area contributed by atoms with E-state index in [1.165, 1.54) is 16.8 Å². The molecule has 0 aliphatic heterocycles. The van der Waals surface area contributed by atoms with Crippen molar-refractivity contribution in [3.8, 4) is 0 Å². The predicted molar refractivity (Wildman–Crippen MR) is 106 cm³/mol. The molecule has 1 unspecified atom stereocenters. The van der Waals surface area contributed by atoms with E-state index in [4.69, 9.17) is 0 Å². The summed E-state index contributed by atoms with van der Waals surface area (Å²) >= 11 is 0. The summed E-state index contributed by atoms with van der Waals surface area (Å²) in [5.74, 6) is 0. The first kappa shape index (κ1) is 17.8. The molecule has 0 spiro atoms.